The molecular weight excluding hydrogens is 206 g/mol. The third kappa shape index (κ3) is 4.30. The fourth-order valence-electron chi connectivity index (χ4n) is 1.35. The molecule has 0 saturated heterocycles. The number of unbranched alkanes of at least 4 members (excludes halogenated alkanes) is 1. The van der Waals surface area contributed by atoms with Crippen LogP contribution in [-0.2, 0) is 11.2 Å². The number of carbonyl (C=O) groups is 1. The first-order chi connectivity index (χ1) is 7.24. The molecule has 0 fully saturated rings. The normalized spacial score (nSPS) is 11.0. The van der Waals surface area contributed by atoms with Gasteiger partial charge in [0.1, 0.15) is 0 Å². The average molecular weight is 223 g/mol. The van der Waals surface area contributed by atoms with Crippen molar-refractivity contribution in [1.29, 1.82) is 0 Å². The molecule has 0 bridgehead atoms. The fraction of sp³-hybridized carbons (Fsp3) is 0.417. The zero-order valence-electron chi connectivity index (χ0n) is 9.03. The highest BCUT2D eigenvalue weighted by Crippen LogP contribution is 2.20. The molecular formula is C12H17NOS. The molecule has 0 unspecified atom stereocenters. The Balaban J connectivity index is 2.56. The van der Waals surface area contributed by atoms with E-state index >= 15 is 0 Å². The van der Waals surface area contributed by atoms with Crippen LogP contribution >= 0.6 is 11.3 Å². The minimum Gasteiger partial charge on any atom is -0.369 e. The molecule has 82 valence electrons. The molecule has 0 aliphatic rings. The third-order valence-electron chi connectivity index (χ3n) is 2.17. The zero-order valence-corrected chi connectivity index (χ0v) is 9.85. The van der Waals surface area contributed by atoms with Crippen LogP contribution in [0.15, 0.2) is 17.5 Å². The highest BCUT2D eigenvalue weighted by molar-refractivity contribution is 7.11. The molecule has 2 nitrogen and oxygen atoms in total. The number of hydrogen-bond donors (Lipinski definition) is 1. The summed E-state index contributed by atoms with van der Waals surface area (Å²) in [7, 11) is 0. The lowest BCUT2D eigenvalue weighted by atomic mass is 10.1. The second-order valence-corrected chi connectivity index (χ2v) is 4.43. The number of amides is 1. The summed E-state index contributed by atoms with van der Waals surface area (Å²) in [5, 5.41) is 2.09. The topological polar surface area (TPSA) is 43.1 Å². The fourth-order valence-corrected chi connectivity index (χ4v) is 2.22. The summed E-state index contributed by atoms with van der Waals surface area (Å²) in [5.74, 6) is -0.280. The molecule has 2 N–H and O–H groups in total. The highest BCUT2D eigenvalue weighted by Gasteiger charge is 2.00. The van der Waals surface area contributed by atoms with E-state index in [4.69, 9.17) is 5.73 Å². The summed E-state index contributed by atoms with van der Waals surface area (Å²) in [6.45, 7) is 2.19. The highest BCUT2D eigenvalue weighted by atomic mass is 32.1. The number of carbonyl (C=O) groups excluding carboxylic acids is 1. The Bertz CT molecular complexity index is 341. The van der Waals surface area contributed by atoms with Crippen molar-refractivity contribution >= 4 is 23.3 Å². The number of hydrogen-bond acceptors (Lipinski definition) is 2. The van der Waals surface area contributed by atoms with Gasteiger partial charge in [0.05, 0.1) is 0 Å². The van der Waals surface area contributed by atoms with Crippen molar-refractivity contribution in [2.24, 2.45) is 5.73 Å². The molecule has 1 amide bonds. The SMILES string of the molecule is CCCCc1ccsc1C=CCC(N)=O. The van der Waals surface area contributed by atoms with E-state index < -0.39 is 0 Å². The van der Waals surface area contributed by atoms with Gasteiger partial charge in [-0.15, -0.1) is 11.3 Å². The quantitative estimate of drug-likeness (QED) is 0.791. The molecule has 0 radical (unpaired) electrons. The van der Waals surface area contributed by atoms with E-state index in [1.54, 1.807) is 11.3 Å². The van der Waals surface area contributed by atoms with Gasteiger partial charge in [-0.2, -0.15) is 0 Å². The van der Waals surface area contributed by atoms with Gasteiger partial charge in [0.15, 0.2) is 0 Å². The molecule has 0 saturated carbocycles. The summed E-state index contributed by atoms with van der Waals surface area (Å²) < 4.78 is 0. The van der Waals surface area contributed by atoms with E-state index in [0.29, 0.717) is 6.42 Å². The Morgan fingerprint density at radius 1 is 1.60 bits per heavy atom. The van der Waals surface area contributed by atoms with Crippen LogP contribution in [0.3, 0.4) is 0 Å². The molecule has 15 heavy (non-hydrogen) atoms. The Hall–Kier alpha value is -1.09. The van der Waals surface area contributed by atoms with Gasteiger partial charge in [-0.3, -0.25) is 4.79 Å². The van der Waals surface area contributed by atoms with Gasteiger partial charge in [0, 0.05) is 11.3 Å². The van der Waals surface area contributed by atoms with Crippen LogP contribution in [0.5, 0.6) is 0 Å². The smallest absolute Gasteiger partial charge is 0.221 e. The zero-order chi connectivity index (χ0) is 11.1. The molecule has 0 atom stereocenters. The predicted molar refractivity (Wildman–Crippen MR) is 65.8 cm³/mol. The number of primary amides is 1. The van der Waals surface area contributed by atoms with Crippen molar-refractivity contribution in [1.82, 2.24) is 0 Å². The van der Waals surface area contributed by atoms with Crippen LogP contribution in [0.25, 0.3) is 6.08 Å². The van der Waals surface area contributed by atoms with E-state index in [2.05, 4.69) is 18.4 Å². The molecule has 0 aromatic carbocycles. The molecule has 1 aromatic rings. The van der Waals surface area contributed by atoms with Gasteiger partial charge < -0.3 is 5.73 Å². The second-order valence-electron chi connectivity index (χ2n) is 3.49. The lowest BCUT2D eigenvalue weighted by molar-refractivity contribution is -0.117. The maximum Gasteiger partial charge on any atom is 0.221 e. The van der Waals surface area contributed by atoms with Gasteiger partial charge >= 0.3 is 0 Å². The van der Waals surface area contributed by atoms with Crippen molar-refractivity contribution in [3.05, 3.63) is 28.0 Å². The van der Waals surface area contributed by atoms with Crippen LogP contribution < -0.4 is 5.73 Å². The largest absolute Gasteiger partial charge is 0.369 e. The lowest BCUT2D eigenvalue weighted by Crippen LogP contribution is -2.07. The summed E-state index contributed by atoms with van der Waals surface area (Å²) in [6.07, 6.45) is 7.71. The number of aryl methyl sites for hydroxylation is 1. The Morgan fingerprint density at radius 3 is 3.07 bits per heavy atom. The molecule has 1 heterocycles. The Labute approximate surface area is 94.8 Å². The molecule has 1 rings (SSSR count). The van der Waals surface area contributed by atoms with E-state index in [0.717, 1.165) is 6.42 Å². The Morgan fingerprint density at radius 2 is 2.40 bits per heavy atom. The van der Waals surface area contributed by atoms with Crippen molar-refractivity contribution in [2.75, 3.05) is 0 Å². The minimum absolute atomic E-state index is 0.280. The second kappa shape index (κ2) is 6.40. The van der Waals surface area contributed by atoms with Crippen LogP contribution in [-0.4, -0.2) is 5.91 Å². The van der Waals surface area contributed by atoms with Crippen LogP contribution in [0, 0.1) is 0 Å². The predicted octanol–water partition coefficient (Wildman–Crippen LogP) is 2.98. The summed E-state index contributed by atoms with van der Waals surface area (Å²) >= 11 is 1.71. The van der Waals surface area contributed by atoms with Crippen LogP contribution in [0.2, 0.25) is 0 Å². The van der Waals surface area contributed by atoms with Gasteiger partial charge in [0.2, 0.25) is 5.91 Å². The first-order valence-electron chi connectivity index (χ1n) is 5.25. The summed E-state index contributed by atoms with van der Waals surface area (Å²) in [5.41, 5.74) is 6.44. The lowest BCUT2D eigenvalue weighted by Gasteiger charge is -1.97. The van der Waals surface area contributed by atoms with Crippen molar-refractivity contribution in [3.8, 4) is 0 Å². The minimum atomic E-state index is -0.280. The maximum absolute atomic E-state index is 10.6. The third-order valence-corrected chi connectivity index (χ3v) is 3.09. The van der Waals surface area contributed by atoms with E-state index in [-0.39, 0.29) is 5.91 Å². The van der Waals surface area contributed by atoms with E-state index in [9.17, 15) is 4.79 Å². The number of rotatable bonds is 6. The van der Waals surface area contributed by atoms with Gasteiger partial charge in [0.25, 0.3) is 0 Å². The maximum atomic E-state index is 10.6. The molecule has 0 spiro atoms. The summed E-state index contributed by atoms with van der Waals surface area (Å²) in [6, 6.07) is 2.16. The molecule has 1 aromatic heterocycles. The van der Waals surface area contributed by atoms with Crippen molar-refractivity contribution < 1.29 is 4.79 Å². The van der Waals surface area contributed by atoms with E-state index in [1.807, 2.05) is 12.2 Å². The standard InChI is InChI=1S/C12H17NOS/c1-2-3-5-10-8-9-15-11(10)6-4-7-12(13)14/h4,6,8-9H,2-3,5,7H2,1H3,(H2,13,14). The van der Waals surface area contributed by atoms with Crippen molar-refractivity contribution in [2.45, 2.75) is 32.6 Å². The molecule has 0 aliphatic heterocycles. The van der Waals surface area contributed by atoms with Crippen molar-refractivity contribution in [3.63, 3.8) is 0 Å². The van der Waals surface area contributed by atoms with Gasteiger partial charge in [-0.25, -0.2) is 0 Å². The monoisotopic (exact) mass is 223 g/mol. The van der Waals surface area contributed by atoms with Gasteiger partial charge in [-0.05, 0) is 35.9 Å². The number of thiophene rings is 1. The molecule has 0 aliphatic carbocycles. The van der Waals surface area contributed by atoms with Crippen LogP contribution in [0.4, 0.5) is 0 Å². The number of nitrogens with two attached hydrogens (primary N) is 1. The van der Waals surface area contributed by atoms with Gasteiger partial charge in [-0.1, -0.05) is 19.4 Å². The first-order valence-corrected chi connectivity index (χ1v) is 6.13. The average Bonchev–Trinajstić information content (AvgIpc) is 2.62. The molecule has 3 heteroatoms. The Kier molecular flexibility index (Phi) is 5.12. The summed E-state index contributed by atoms with van der Waals surface area (Å²) in [4.78, 5) is 11.8. The van der Waals surface area contributed by atoms with E-state index in [1.165, 1.54) is 23.3 Å². The van der Waals surface area contributed by atoms with Crippen LogP contribution in [0.1, 0.15) is 36.6 Å². The first kappa shape index (κ1) is 12.0.